The van der Waals surface area contributed by atoms with E-state index >= 15 is 0 Å². The number of carbonyl (C=O) groups is 1. The van der Waals surface area contributed by atoms with E-state index in [2.05, 4.69) is 39.2 Å². The van der Waals surface area contributed by atoms with E-state index in [1.165, 1.54) is 12.1 Å². The van der Waals surface area contributed by atoms with Crippen LogP contribution in [0.15, 0.2) is 36.4 Å². The summed E-state index contributed by atoms with van der Waals surface area (Å²) in [7, 11) is -2.13. The molecule has 8 heteroatoms. The van der Waals surface area contributed by atoms with E-state index in [9.17, 15) is 23.1 Å². The first-order chi connectivity index (χ1) is 12.7. The molecule has 1 amide bonds. The topological polar surface area (TPSA) is 58.6 Å². The summed E-state index contributed by atoms with van der Waals surface area (Å²) in [4.78, 5) is 11.3. The molecule has 0 unspecified atom stereocenters. The van der Waals surface area contributed by atoms with Crippen molar-refractivity contribution >= 4 is 14.4 Å². The third-order valence-electron chi connectivity index (χ3n) is 5.19. The molecule has 0 aromatic heterocycles. The molecule has 2 N–H and O–H groups in total. The minimum atomic E-state index is -4.42. The van der Waals surface area contributed by atoms with Crippen molar-refractivity contribution in [3.05, 3.63) is 47.5 Å². The highest BCUT2D eigenvalue weighted by molar-refractivity contribution is 6.74. The number of hydrogen-bond donors (Lipinski definition) is 2. The lowest BCUT2D eigenvalue weighted by molar-refractivity contribution is -0.137. The van der Waals surface area contributed by atoms with Crippen LogP contribution in [0.2, 0.25) is 18.1 Å². The minimum Gasteiger partial charge on any atom is -0.465 e. The molecule has 0 saturated heterocycles. The highest BCUT2D eigenvalue weighted by Gasteiger charge is 2.38. The van der Waals surface area contributed by atoms with E-state index in [0.717, 1.165) is 12.1 Å². The fourth-order valence-electron chi connectivity index (χ4n) is 2.49. The Morgan fingerprint density at radius 2 is 1.75 bits per heavy atom. The van der Waals surface area contributed by atoms with Crippen molar-refractivity contribution in [3.63, 3.8) is 0 Å². The highest BCUT2D eigenvalue weighted by atomic mass is 28.4. The number of amides is 1. The second-order valence-corrected chi connectivity index (χ2v) is 13.1. The van der Waals surface area contributed by atoms with Gasteiger partial charge in [0.05, 0.1) is 18.2 Å². The van der Waals surface area contributed by atoms with Crippen molar-refractivity contribution in [2.45, 2.75) is 64.0 Å². The fourth-order valence-corrected chi connectivity index (χ4v) is 3.52. The lowest BCUT2D eigenvalue weighted by Crippen LogP contribution is -2.47. The molecule has 0 heterocycles. The number of allylic oxidation sites excluding steroid dienone is 1. The number of benzene rings is 1. The lowest BCUT2D eigenvalue weighted by Gasteiger charge is -2.38. The molecule has 0 aliphatic carbocycles. The van der Waals surface area contributed by atoms with E-state index < -0.39 is 38.1 Å². The van der Waals surface area contributed by atoms with Crippen molar-refractivity contribution in [1.29, 1.82) is 0 Å². The lowest BCUT2D eigenvalue weighted by atomic mass is 9.90. The molecule has 1 aromatic rings. The van der Waals surface area contributed by atoms with Crippen LogP contribution in [-0.4, -0.2) is 32.2 Å². The zero-order valence-electron chi connectivity index (χ0n) is 17.2. The Labute approximate surface area is 165 Å². The second kappa shape index (κ2) is 9.13. The number of nitrogens with one attached hydrogen (secondary N) is 1. The normalized spacial score (nSPS) is 15.5. The van der Waals surface area contributed by atoms with Crippen molar-refractivity contribution in [2.24, 2.45) is 0 Å². The summed E-state index contributed by atoms with van der Waals surface area (Å²) in [5.74, 6) is -0.451. The summed E-state index contributed by atoms with van der Waals surface area (Å²) in [6.07, 6.45) is -2.09. The molecule has 0 saturated carbocycles. The molecule has 0 radical (unpaired) electrons. The van der Waals surface area contributed by atoms with E-state index in [1.54, 1.807) is 19.1 Å². The predicted octanol–water partition coefficient (Wildman–Crippen LogP) is 6.02. The molecular weight excluding hydrogens is 387 g/mol. The smallest absolute Gasteiger partial charge is 0.416 e. The van der Waals surface area contributed by atoms with Crippen molar-refractivity contribution in [1.82, 2.24) is 5.32 Å². The van der Waals surface area contributed by atoms with Gasteiger partial charge in [0.2, 0.25) is 0 Å². The molecule has 0 spiro atoms. The van der Waals surface area contributed by atoms with Gasteiger partial charge in [-0.3, -0.25) is 0 Å². The van der Waals surface area contributed by atoms with Crippen LogP contribution in [0.1, 0.15) is 44.7 Å². The Kier molecular flexibility index (Phi) is 7.90. The molecule has 0 aliphatic rings. The summed E-state index contributed by atoms with van der Waals surface area (Å²) < 4.78 is 44.7. The van der Waals surface area contributed by atoms with Crippen LogP contribution in [0, 0.1) is 0 Å². The van der Waals surface area contributed by atoms with Crippen LogP contribution in [0.3, 0.4) is 0 Å². The maximum atomic E-state index is 12.8. The van der Waals surface area contributed by atoms with E-state index in [-0.39, 0.29) is 11.6 Å². The first-order valence-corrected chi connectivity index (χ1v) is 12.0. The van der Waals surface area contributed by atoms with Gasteiger partial charge in [0.25, 0.3) is 0 Å². The quantitative estimate of drug-likeness (QED) is 0.421. The van der Waals surface area contributed by atoms with Gasteiger partial charge in [-0.25, -0.2) is 4.79 Å². The number of alkyl halides is 3. The third kappa shape index (κ3) is 6.67. The van der Waals surface area contributed by atoms with E-state index in [1.807, 2.05) is 0 Å². The summed E-state index contributed by atoms with van der Waals surface area (Å²) in [5, 5.41) is 11.7. The third-order valence-corrected chi connectivity index (χ3v) is 9.70. The standard InChI is InChI=1S/C20H30F3NO3Si/c1-7-8-16(14-9-11-15(12-10-14)20(21,22)23)17(24-18(25)26)13-27-28(5,6)19(2,3)4/h7-12,16-17,24H,13H2,1-6H3,(H,25,26)/t16-,17+/m0/s1. The van der Waals surface area contributed by atoms with Gasteiger partial charge in [-0.2, -0.15) is 13.2 Å². The average Bonchev–Trinajstić information content (AvgIpc) is 2.54. The Bertz CT molecular complexity index is 679. The first kappa shape index (κ1) is 24.2. The summed E-state index contributed by atoms with van der Waals surface area (Å²) in [5.41, 5.74) is -0.153. The van der Waals surface area contributed by atoms with Gasteiger partial charge in [0, 0.05) is 5.92 Å². The molecule has 1 aromatic carbocycles. The summed E-state index contributed by atoms with van der Waals surface area (Å²) in [6.45, 7) is 12.3. The maximum Gasteiger partial charge on any atom is 0.416 e. The largest absolute Gasteiger partial charge is 0.465 e. The summed E-state index contributed by atoms with van der Waals surface area (Å²) >= 11 is 0. The molecule has 0 bridgehead atoms. The zero-order valence-corrected chi connectivity index (χ0v) is 18.2. The van der Waals surface area contributed by atoms with Crippen LogP contribution >= 0.6 is 0 Å². The average molecular weight is 418 g/mol. The van der Waals surface area contributed by atoms with E-state index in [4.69, 9.17) is 4.43 Å². The Hall–Kier alpha value is -1.80. The van der Waals surface area contributed by atoms with Gasteiger partial charge in [-0.05, 0) is 42.8 Å². The van der Waals surface area contributed by atoms with Gasteiger partial charge in [-0.1, -0.05) is 45.1 Å². The number of hydrogen-bond acceptors (Lipinski definition) is 2. The maximum absolute atomic E-state index is 12.8. The van der Waals surface area contributed by atoms with Gasteiger partial charge in [0.15, 0.2) is 8.32 Å². The van der Waals surface area contributed by atoms with Crippen LogP contribution < -0.4 is 5.32 Å². The van der Waals surface area contributed by atoms with Gasteiger partial charge >= 0.3 is 12.3 Å². The molecule has 2 atom stereocenters. The zero-order chi connectivity index (χ0) is 21.8. The Morgan fingerprint density at radius 1 is 1.21 bits per heavy atom. The molecule has 28 heavy (non-hydrogen) atoms. The second-order valence-electron chi connectivity index (χ2n) is 8.30. The molecule has 0 fully saturated rings. The monoisotopic (exact) mass is 417 g/mol. The molecular formula is C20H30F3NO3Si. The number of carboxylic acid groups (broad SMARTS) is 1. The molecule has 0 aliphatic heterocycles. The van der Waals surface area contributed by atoms with Crippen LogP contribution in [0.5, 0.6) is 0 Å². The van der Waals surface area contributed by atoms with E-state index in [0.29, 0.717) is 5.56 Å². The SMILES string of the molecule is CC=C[C@@H](c1ccc(C(F)(F)F)cc1)[C@@H](CO[Si](C)(C)C(C)(C)C)NC(=O)O. The number of rotatable bonds is 7. The van der Waals surface area contributed by atoms with Crippen LogP contribution in [0.25, 0.3) is 0 Å². The highest BCUT2D eigenvalue weighted by Crippen LogP contribution is 2.37. The van der Waals surface area contributed by atoms with Crippen LogP contribution in [0.4, 0.5) is 18.0 Å². The Morgan fingerprint density at radius 3 is 2.14 bits per heavy atom. The fraction of sp³-hybridized carbons (Fsp3) is 0.550. The summed E-state index contributed by atoms with van der Waals surface area (Å²) in [6, 6.07) is 4.17. The van der Waals surface area contributed by atoms with Gasteiger partial charge < -0.3 is 14.8 Å². The first-order valence-electron chi connectivity index (χ1n) is 9.12. The number of halogens is 3. The van der Waals surface area contributed by atoms with Crippen LogP contribution in [-0.2, 0) is 10.6 Å². The molecule has 4 nitrogen and oxygen atoms in total. The van der Waals surface area contributed by atoms with Gasteiger partial charge in [0.1, 0.15) is 0 Å². The van der Waals surface area contributed by atoms with Crippen molar-refractivity contribution in [3.8, 4) is 0 Å². The Balaban J connectivity index is 3.17. The van der Waals surface area contributed by atoms with Crippen molar-refractivity contribution in [2.75, 3.05) is 6.61 Å². The minimum absolute atomic E-state index is 0.0504. The molecule has 158 valence electrons. The predicted molar refractivity (Wildman–Crippen MR) is 107 cm³/mol. The van der Waals surface area contributed by atoms with Gasteiger partial charge in [-0.15, -0.1) is 0 Å². The molecule has 1 rings (SSSR count). The van der Waals surface area contributed by atoms with Crippen molar-refractivity contribution < 1.29 is 27.5 Å².